The first-order valence-electron chi connectivity index (χ1n) is 6.38. The van der Waals surface area contributed by atoms with Crippen molar-refractivity contribution in [3.05, 3.63) is 30.1 Å². The van der Waals surface area contributed by atoms with E-state index in [1.54, 1.807) is 6.07 Å². The molecule has 1 unspecified atom stereocenters. The quantitative estimate of drug-likeness (QED) is 0.763. The first-order valence-corrected chi connectivity index (χ1v) is 6.38. The standard InChI is InChI=1S/C14H18FNO4/c1-2-10(7-14(18)19)8-16-13(17)9-20-12-6-4-3-5-11(12)15/h3-6,10H,2,7-9H2,1H3,(H,16,17)(H,18,19). The van der Waals surface area contributed by atoms with E-state index in [1.807, 2.05) is 6.92 Å². The highest BCUT2D eigenvalue weighted by atomic mass is 19.1. The van der Waals surface area contributed by atoms with E-state index in [4.69, 9.17) is 9.84 Å². The molecule has 2 N–H and O–H groups in total. The maximum atomic E-state index is 13.2. The zero-order chi connectivity index (χ0) is 15.0. The van der Waals surface area contributed by atoms with Gasteiger partial charge in [-0.2, -0.15) is 0 Å². The molecule has 1 rings (SSSR count). The van der Waals surface area contributed by atoms with E-state index < -0.39 is 17.7 Å². The highest BCUT2D eigenvalue weighted by Crippen LogP contribution is 2.14. The van der Waals surface area contributed by atoms with Crippen molar-refractivity contribution >= 4 is 11.9 Å². The zero-order valence-electron chi connectivity index (χ0n) is 11.3. The monoisotopic (exact) mass is 283 g/mol. The number of carbonyl (C=O) groups is 2. The average Bonchev–Trinajstić information content (AvgIpc) is 2.42. The van der Waals surface area contributed by atoms with Gasteiger partial charge in [-0.25, -0.2) is 4.39 Å². The summed E-state index contributed by atoms with van der Waals surface area (Å²) in [6.07, 6.45) is 0.658. The van der Waals surface area contributed by atoms with E-state index in [2.05, 4.69) is 5.32 Å². The van der Waals surface area contributed by atoms with Crippen molar-refractivity contribution < 1.29 is 23.8 Å². The third-order valence-corrected chi connectivity index (χ3v) is 2.82. The number of carboxylic acid groups (broad SMARTS) is 1. The minimum absolute atomic E-state index is 0.00491. The Kier molecular flexibility index (Phi) is 6.49. The summed E-state index contributed by atoms with van der Waals surface area (Å²) in [7, 11) is 0. The highest BCUT2D eigenvalue weighted by Gasteiger charge is 2.13. The third kappa shape index (κ3) is 5.69. The summed E-state index contributed by atoms with van der Waals surface area (Å²) in [4.78, 5) is 22.1. The lowest BCUT2D eigenvalue weighted by atomic mass is 10.0. The van der Waals surface area contributed by atoms with Crippen molar-refractivity contribution in [1.29, 1.82) is 0 Å². The van der Waals surface area contributed by atoms with Crippen molar-refractivity contribution in [3.8, 4) is 5.75 Å². The fourth-order valence-electron chi connectivity index (χ4n) is 1.62. The van der Waals surface area contributed by atoms with Gasteiger partial charge >= 0.3 is 5.97 Å². The van der Waals surface area contributed by atoms with Crippen molar-refractivity contribution in [3.63, 3.8) is 0 Å². The molecule has 20 heavy (non-hydrogen) atoms. The van der Waals surface area contributed by atoms with Crippen molar-refractivity contribution in [2.24, 2.45) is 5.92 Å². The maximum absolute atomic E-state index is 13.2. The van der Waals surface area contributed by atoms with Crippen LogP contribution in [0.5, 0.6) is 5.75 Å². The molecule has 0 fully saturated rings. The SMILES string of the molecule is CCC(CNC(=O)COc1ccccc1F)CC(=O)O. The summed E-state index contributed by atoms with van der Waals surface area (Å²) in [5.74, 6) is -1.94. The maximum Gasteiger partial charge on any atom is 0.303 e. The van der Waals surface area contributed by atoms with Crippen LogP contribution in [-0.4, -0.2) is 30.1 Å². The van der Waals surface area contributed by atoms with Gasteiger partial charge in [-0.05, 0) is 18.1 Å². The van der Waals surface area contributed by atoms with Gasteiger partial charge in [0.2, 0.25) is 0 Å². The lowest BCUT2D eigenvalue weighted by Crippen LogP contribution is -2.33. The van der Waals surface area contributed by atoms with Crippen LogP contribution in [0.3, 0.4) is 0 Å². The Bertz CT molecular complexity index is 464. The Balaban J connectivity index is 2.33. The topological polar surface area (TPSA) is 75.6 Å². The lowest BCUT2D eigenvalue weighted by Gasteiger charge is -2.13. The largest absolute Gasteiger partial charge is 0.481 e. The molecule has 0 bridgehead atoms. The summed E-state index contributed by atoms with van der Waals surface area (Å²) >= 11 is 0. The zero-order valence-corrected chi connectivity index (χ0v) is 11.3. The molecule has 1 amide bonds. The molecule has 0 radical (unpaired) electrons. The van der Waals surface area contributed by atoms with E-state index in [-0.39, 0.29) is 31.2 Å². The molecule has 0 aliphatic rings. The van der Waals surface area contributed by atoms with E-state index in [9.17, 15) is 14.0 Å². The molecule has 0 aliphatic heterocycles. The smallest absolute Gasteiger partial charge is 0.303 e. The van der Waals surface area contributed by atoms with Gasteiger partial charge in [0.15, 0.2) is 18.2 Å². The first kappa shape index (κ1) is 15.9. The van der Waals surface area contributed by atoms with Gasteiger partial charge in [-0.1, -0.05) is 25.5 Å². The van der Waals surface area contributed by atoms with Gasteiger partial charge < -0.3 is 15.2 Å². The van der Waals surface area contributed by atoms with E-state index >= 15 is 0 Å². The van der Waals surface area contributed by atoms with E-state index in [1.165, 1.54) is 18.2 Å². The van der Waals surface area contributed by atoms with Crippen LogP contribution in [0.15, 0.2) is 24.3 Å². The van der Waals surface area contributed by atoms with Crippen LogP contribution < -0.4 is 10.1 Å². The van der Waals surface area contributed by atoms with Crippen molar-refractivity contribution in [1.82, 2.24) is 5.32 Å². The number of carboxylic acids is 1. The predicted molar refractivity (Wildman–Crippen MR) is 70.9 cm³/mol. The lowest BCUT2D eigenvalue weighted by molar-refractivity contribution is -0.138. The summed E-state index contributed by atoms with van der Waals surface area (Å²) < 4.78 is 18.3. The number of hydrogen-bond acceptors (Lipinski definition) is 3. The molecule has 0 heterocycles. The Labute approximate surface area is 116 Å². The van der Waals surface area contributed by atoms with E-state index in [0.29, 0.717) is 6.42 Å². The van der Waals surface area contributed by atoms with Gasteiger partial charge in [0.05, 0.1) is 0 Å². The molecule has 1 aromatic rings. The number of nitrogens with one attached hydrogen (secondary N) is 1. The third-order valence-electron chi connectivity index (χ3n) is 2.82. The van der Waals surface area contributed by atoms with Gasteiger partial charge in [-0.15, -0.1) is 0 Å². The number of carbonyl (C=O) groups excluding carboxylic acids is 1. The molecule has 0 saturated heterocycles. The molecule has 1 aromatic carbocycles. The van der Waals surface area contributed by atoms with Crippen LogP contribution in [0.4, 0.5) is 4.39 Å². The number of ether oxygens (including phenoxy) is 1. The van der Waals surface area contributed by atoms with Crippen LogP contribution in [0, 0.1) is 11.7 Å². The number of aliphatic carboxylic acids is 1. The van der Waals surface area contributed by atoms with Gasteiger partial charge in [0.1, 0.15) is 0 Å². The fourth-order valence-corrected chi connectivity index (χ4v) is 1.62. The van der Waals surface area contributed by atoms with Gasteiger partial charge in [-0.3, -0.25) is 9.59 Å². The number of benzene rings is 1. The Morgan fingerprint density at radius 2 is 2.10 bits per heavy atom. The molecular weight excluding hydrogens is 265 g/mol. The van der Waals surface area contributed by atoms with Crippen LogP contribution in [0.1, 0.15) is 19.8 Å². The number of hydrogen-bond donors (Lipinski definition) is 2. The number of rotatable bonds is 8. The molecule has 0 spiro atoms. The minimum atomic E-state index is -0.895. The van der Waals surface area contributed by atoms with E-state index in [0.717, 1.165) is 0 Å². The number of halogens is 1. The van der Waals surface area contributed by atoms with Crippen LogP contribution in [0.2, 0.25) is 0 Å². The molecule has 5 nitrogen and oxygen atoms in total. The Hall–Kier alpha value is -2.11. The van der Waals surface area contributed by atoms with Crippen molar-refractivity contribution in [2.45, 2.75) is 19.8 Å². The molecule has 6 heteroatoms. The molecule has 0 saturated carbocycles. The van der Waals surface area contributed by atoms with Gasteiger partial charge in [0, 0.05) is 13.0 Å². The normalized spacial score (nSPS) is 11.7. The van der Waals surface area contributed by atoms with Crippen LogP contribution in [-0.2, 0) is 9.59 Å². The molecule has 0 aliphatic carbocycles. The Morgan fingerprint density at radius 3 is 2.70 bits per heavy atom. The minimum Gasteiger partial charge on any atom is -0.481 e. The van der Waals surface area contributed by atoms with Crippen molar-refractivity contribution in [2.75, 3.05) is 13.2 Å². The second kappa shape index (κ2) is 8.14. The van der Waals surface area contributed by atoms with Gasteiger partial charge in [0.25, 0.3) is 5.91 Å². The Morgan fingerprint density at radius 1 is 1.40 bits per heavy atom. The second-order valence-corrected chi connectivity index (χ2v) is 4.40. The number of para-hydroxylation sites is 1. The van der Waals surface area contributed by atoms with Crippen LogP contribution >= 0.6 is 0 Å². The fraction of sp³-hybridized carbons (Fsp3) is 0.429. The number of amides is 1. The van der Waals surface area contributed by atoms with Crippen LogP contribution in [0.25, 0.3) is 0 Å². The second-order valence-electron chi connectivity index (χ2n) is 4.40. The molecule has 0 aromatic heterocycles. The summed E-state index contributed by atoms with van der Waals surface area (Å²) in [6.45, 7) is 1.82. The molecule has 1 atom stereocenters. The molecule has 110 valence electrons. The summed E-state index contributed by atoms with van der Waals surface area (Å²) in [5.41, 5.74) is 0. The summed E-state index contributed by atoms with van der Waals surface area (Å²) in [6, 6.07) is 5.81. The summed E-state index contributed by atoms with van der Waals surface area (Å²) in [5, 5.41) is 11.3. The molecular formula is C14H18FNO4. The average molecular weight is 283 g/mol. The first-order chi connectivity index (χ1) is 9.52. The highest BCUT2D eigenvalue weighted by molar-refractivity contribution is 5.77. The predicted octanol–water partition coefficient (Wildman–Crippen LogP) is 1.82.